The Morgan fingerprint density at radius 2 is 1.80 bits per heavy atom. The molecule has 2 fully saturated rings. The number of piperidine rings is 1. The van der Waals surface area contributed by atoms with Crippen LogP contribution in [0.1, 0.15) is 29.9 Å². The molecule has 0 saturated carbocycles. The summed E-state index contributed by atoms with van der Waals surface area (Å²) in [6.07, 6.45) is 3.71. The molecule has 2 unspecified atom stereocenters. The fraction of sp³-hybridized carbons (Fsp3) is 0.375. The molecule has 2 saturated heterocycles. The Bertz CT molecular complexity index is 1750. The number of aromatic nitrogens is 3. The number of H-pyrrole nitrogens is 1. The number of aliphatic hydroxyl groups is 1. The minimum atomic E-state index is -0.774. The molecule has 5 N–H and O–H groups in total. The van der Waals surface area contributed by atoms with Crippen molar-refractivity contribution in [2.24, 2.45) is 7.05 Å². The fourth-order valence-corrected chi connectivity index (χ4v) is 5.98. The molecule has 0 radical (unpaired) electrons. The van der Waals surface area contributed by atoms with E-state index in [1.165, 1.54) is 4.57 Å². The third-order valence-corrected chi connectivity index (χ3v) is 8.59. The summed E-state index contributed by atoms with van der Waals surface area (Å²) in [5.41, 5.74) is 4.64. The van der Waals surface area contributed by atoms with Gasteiger partial charge in [-0.1, -0.05) is 12.1 Å². The van der Waals surface area contributed by atoms with E-state index in [0.29, 0.717) is 54.9 Å². The molecule has 0 aliphatic carbocycles. The number of aryl methyl sites for hydroxylation is 1. The number of aliphatic hydroxyl groups excluding tert-OH is 1. The van der Waals surface area contributed by atoms with Gasteiger partial charge in [-0.2, -0.15) is 5.10 Å². The molecule has 2 aliphatic heterocycles. The smallest absolute Gasteiger partial charge is 0.276 e. The third-order valence-electron chi connectivity index (χ3n) is 8.59. The minimum Gasteiger partial charge on any atom is -0.496 e. The number of ether oxygens (including phenoxy) is 2. The molecule has 2 aliphatic rings. The van der Waals surface area contributed by atoms with Gasteiger partial charge in [0.15, 0.2) is 0 Å². The van der Waals surface area contributed by atoms with Crippen LogP contribution in [0.5, 0.6) is 11.5 Å². The summed E-state index contributed by atoms with van der Waals surface area (Å²) in [5.74, 6) is 1.25. The number of methoxy groups -OCH3 is 2. The maximum atomic E-state index is 12.9. The first-order chi connectivity index (χ1) is 21.7. The van der Waals surface area contributed by atoms with Crippen molar-refractivity contribution in [3.05, 3.63) is 70.3 Å². The molecule has 2 aromatic heterocycles. The van der Waals surface area contributed by atoms with E-state index in [-0.39, 0.29) is 35.9 Å². The molecule has 45 heavy (non-hydrogen) atoms. The number of likely N-dealkylation sites (tertiary alicyclic amines) is 1. The lowest BCUT2D eigenvalue weighted by molar-refractivity contribution is -0.134. The van der Waals surface area contributed by atoms with Gasteiger partial charge in [0.05, 0.1) is 27.0 Å². The van der Waals surface area contributed by atoms with E-state index in [1.54, 1.807) is 33.7 Å². The second-order valence-electron chi connectivity index (χ2n) is 11.5. The molecule has 2 amide bonds. The maximum absolute atomic E-state index is 12.9. The van der Waals surface area contributed by atoms with Crippen LogP contribution >= 0.6 is 0 Å². The molecule has 2 aromatic carbocycles. The van der Waals surface area contributed by atoms with Crippen LogP contribution in [0.4, 0.5) is 5.69 Å². The average Bonchev–Trinajstić information content (AvgIpc) is 3.51. The standard InChI is InChI=1S/C32H37N7O6/c1-38-17-24(22-13-34-37-30(22)32(38)43)19-10-26(44-2)23(27(11-19)45-3)12-33-14-29(41)39-15-20(16-39)18-4-6-21(7-5-18)35-25-8-9-28(40)36-31(25)42/h4-7,10-11,13,17,20,25,28,33,35,40H,8-9,12,14-16H2,1-3H3,(H,34,37)(H,36,42). The van der Waals surface area contributed by atoms with Gasteiger partial charge in [-0.15, -0.1) is 0 Å². The second kappa shape index (κ2) is 12.6. The Morgan fingerprint density at radius 3 is 2.47 bits per heavy atom. The number of amides is 2. The highest BCUT2D eigenvalue weighted by atomic mass is 16.5. The van der Waals surface area contributed by atoms with Crippen molar-refractivity contribution in [2.75, 3.05) is 39.2 Å². The number of aromatic amines is 1. The molecule has 2 atom stereocenters. The summed E-state index contributed by atoms with van der Waals surface area (Å²) < 4.78 is 12.9. The number of benzene rings is 2. The summed E-state index contributed by atoms with van der Waals surface area (Å²) in [7, 11) is 4.86. The zero-order valence-electron chi connectivity index (χ0n) is 25.4. The van der Waals surface area contributed by atoms with Crippen molar-refractivity contribution in [1.29, 1.82) is 0 Å². The van der Waals surface area contributed by atoms with Crippen molar-refractivity contribution in [3.63, 3.8) is 0 Å². The number of nitrogens with one attached hydrogen (secondary N) is 4. The lowest BCUT2D eigenvalue weighted by Gasteiger charge is -2.39. The van der Waals surface area contributed by atoms with E-state index in [0.717, 1.165) is 27.9 Å². The molecule has 0 bridgehead atoms. The van der Waals surface area contributed by atoms with E-state index < -0.39 is 6.23 Å². The first kappa shape index (κ1) is 30.2. The molecule has 13 nitrogen and oxygen atoms in total. The normalized spacial score (nSPS) is 18.4. The number of rotatable bonds is 10. The number of hydrogen-bond donors (Lipinski definition) is 5. The summed E-state index contributed by atoms with van der Waals surface area (Å²) in [6, 6.07) is 11.4. The maximum Gasteiger partial charge on any atom is 0.276 e. The highest BCUT2D eigenvalue weighted by Gasteiger charge is 2.32. The summed E-state index contributed by atoms with van der Waals surface area (Å²) in [6.45, 7) is 1.80. The fourth-order valence-electron chi connectivity index (χ4n) is 5.98. The van der Waals surface area contributed by atoms with Gasteiger partial charge in [0.1, 0.15) is 29.3 Å². The first-order valence-electron chi connectivity index (χ1n) is 14.9. The van der Waals surface area contributed by atoms with E-state index in [9.17, 15) is 19.5 Å². The zero-order chi connectivity index (χ0) is 31.7. The van der Waals surface area contributed by atoms with Crippen molar-refractivity contribution in [3.8, 4) is 22.6 Å². The zero-order valence-corrected chi connectivity index (χ0v) is 25.4. The van der Waals surface area contributed by atoms with Crippen LogP contribution in [-0.4, -0.2) is 82.7 Å². The van der Waals surface area contributed by atoms with Gasteiger partial charge in [0, 0.05) is 61.0 Å². The van der Waals surface area contributed by atoms with Crippen LogP contribution in [0, 0.1) is 0 Å². The molecule has 6 rings (SSSR count). The Labute approximate surface area is 259 Å². The number of pyridine rings is 1. The van der Waals surface area contributed by atoms with Gasteiger partial charge in [0.2, 0.25) is 11.8 Å². The van der Waals surface area contributed by atoms with Crippen LogP contribution in [0.15, 0.2) is 53.6 Å². The van der Waals surface area contributed by atoms with Gasteiger partial charge in [-0.3, -0.25) is 19.5 Å². The molecule has 4 heterocycles. The number of anilines is 1. The van der Waals surface area contributed by atoms with Crippen molar-refractivity contribution < 1.29 is 24.2 Å². The third kappa shape index (κ3) is 6.08. The van der Waals surface area contributed by atoms with Crippen LogP contribution in [0.3, 0.4) is 0 Å². The van der Waals surface area contributed by atoms with E-state index in [1.807, 2.05) is 41.3 Å². The quantitative estimate of drug-likeness (QED) is 0.179. The number of carbonyl (C=O) groups is 2. The molecule has 4 aromatic rings. The van der Waals surface area contributed by atoms with Gasteiger partial charge in [-0.05, 0) is 48.2 Å². The van der Waals surface area contributed by atoms with E-state index in [4.69, 9.17) is 9.47 Å². The Kier molecular flexibility index (Phi) is 8.46. The van der Waals surface area contributed by atoms with Gasteiger partial charge >= 0.3 is 0 Å². The van der Waals surface area contributed by atoms with Crippen LogP contribution in [0.25, 0.3) is 22.0 Å². The highest BCUT2D eigenvalue weighted by molar-refractivity contribution is 5.94. The first-order valence-corrected chi connectivity index (χ1v) is 14.9. The van der Waals surface area contributed by atoms with Crippen LogP contribution < -0.4 is 31.0 Å². The Hall–Kier alpha value is -4.88. The summed E-state index contributed by atoms with van der Waals surface area (Å²) in [4.78, 5) is 39.3. The van der Waals surface area contributed by atoms with Crippen molar-refractivity contribution in [2.45, 2.75) is 37.6 Å². The monoisotopic (exact) mass is 615 g/mol. The van der Waals surface area contributed by atoms with Gasteiger partial charge < -0.3 is 40.0 Å². The van der Waals surface area contributed by atoms with Gasteiger partial charge in [-0.25, -0.2) is 0 Å². The van der Waals surface area contributed by atoms with Gasteiger partial charge in [0.25, 0.3) is 5.56 Å². The van der Waals surface area contributed by atoms with Crippen molar-refractivity contribution in [1.82, 2.24) is 30.3 Å². The lowest BCUT2D eigenvalue weighted by atomic mass is 9.91. The summed E-state index contributed by atoms with van der Waals surface area (Å²) in [5, 5.41) is 26.1. The van der Waals surface area contributed by atoms with Crippen LogP contribution in [0.2, 0.25) is 0 Å². The van der Waals surface area contributed by atoms with Crippen LogP contribution in [-0.2, 0) is 23.2 Å². The Morgan fingerprint density at radius 1 is 1.09 bits per heavy atom. The highest BCUT2D eigenvalue weighted by Crippen LogP contribution is 2.37. The molecule has 236 valence electrons. The SMILES string of the molecule is COc1cc(-c2cn(C)c(=O)c3[nH]ncc23)cc(OC)c1CNCC(=O)N1CC(c2ccc(NC3CCC(O)NC3=O)cc2)C1. The predicted octanol–water partition coefficient (Wildman–Crippen LogP) is 1.67. The largest absolute Gasteiger partial charge is 0.496 e. The minimum absolute atomic E-state index is 0.0112. The second-order valence-corrected chi connectivity index (χ2v) is 11.5. The van der Waals surface area contributed by atoms with E-state index >= 15 is 0 Å². The van der Waals surface area contributed by atoms with Crippen molar-refractivity contribution >= 4 is 28.4 Å². The predicted molar refractivity (Wildman–Crippen MR) is 168 cm³/mol. The Balaban J connectivity index is 1.04. The number of fused-ring (bicyclic) bond motifs is 1. The molecular formula is C32H37N7O6. The number of hydrogen-bond acceptors (Lipinski definition) is 9. The summed E-state index contributed by atoms with van der Waals surface area (Å²) >= 11 is 0. The number of nitrogens with zero attached hydrogens (tertiary/aromatic N) is 3. The molecule has 13 heteroatoms. The molecule has 0 spiro atoms. The van der Waals surface area contributed by atoms with E-state index in [2.05, 4.69) is 26.1 Å². The topological polar surface area (TPSA) is 163 Å². The molecular weight excluding hydrogens is 578 g/mol. The number of carbonyl (C=O) groups excluding carboxylic acids is 2. The lowest BCUT2D eigenvalue weighted by Crippen LogP contribution is -2.51. The average molecular weight is 616 g/mol.